The fourth-order valence-corrected chi connectivity index (χ4v) is 7.90. The zero-order valence-corrected chi connectivity index (χ0v) is 20.2. The lowest BCUT2D eigenvalue weighted by atomic mass is 9.34. The summed E-state index contributed by atoms with van der Waals surface area (Å²) in [5.74, 6) is 0. The van der Waals surface area contributed by atoms with Crippen LogP contribution in [0.5, 0.6) is 0 Å². The summed E-state index contributed by atoms with van der Waals surface area (Å²) >= 11 is 1.93. The van der Waals surface area contributed by atoms with Crippen molar-refractivity contribution in [2.45, 2.75) is 0 Å². The van der Waals surface area contributed by atoms with Gasteiger partial charge in [-0.3, -0.25) is 0 Å². The maximum absolute atomic E-state index is 2.55. The van der Waals surface area contributed by atoms with E-state index in [2.05, 4.69) is 125 Å². The lowest BCUT2D eigenvalue weighted by Crippen LogP contribution is -2.60. The number of para-hydroxylation sites is 3. The highest BCUT2D eigenvalue weighted by Crippen LogP contribution is 2.44. The van der Waals surface area contributed by atoms with E-state index in [9.17, 15) is 0 Å². The highest BCUT2D eigenvalue weighted by Gasteiger charge is 2.43. The first-order valence-corrected chi connectivity index (χ1v) is 13.2. The molecule has 0 amide bonds. The summed E-state index contributed by atoms with van der Waals surface area (Å²) in [6.45, 7) is 0.197. The van der Waals surface area contributed by atoms with Gasteiger partial charge in [0.05, 0.1) is 16.0 Å². The number of benzene rings is 5. The van der Waals surface area contributed by atoms with E-state index in [1.807, 2.05) is 11.3 Å². The first kappa shape index (κ1) is 19.0. The van der Waals surface area contributed by atoms with Crippen LogP contribution in [0, 0.1) is 0 Å². The van der Waals surface area contributed by atoms with Gasteiger partial charge in [-0.1, -0.05) is 78.9 Å². The number of fused-ring (bicyclic) bond motifs is 10. The van der Waals surface area contributed by atoms with Gasteiger partial charge in [-0.15, -0.1) is 11.3 Å². The fourth-order valence-electron chi connectivity index (χ4n) is 6.64. The Bertz CT molecular complexity index is 2020. The smallest absolute Gasteiger partial charge is 0.254 e. The Morgan fingerprint density at radius 3 is 2.22 bits per heavy atom. The largest absolute Gasteiger partial charge is 0.311 e. The number of aromatic nitrogens is 1. The van der Waals surface area contributed by atoms with Crippen LogP contribution >= 0.6 is 11.3 Å². The second-order valence-electron chi connectivity index (χ2n) is 9.73. The molecule has 5 aromatic carbocycles. The number of thiophene rings is 1. The van der Waals surface area contributed by atoms with E-state index in [4.69, 9.17) is 0 Å². The maximum Gasteiger partial charge on any atom is 0.254 e. The van der Waals surface area contributed by atoms with Crippen LogP contribution in [0.1, 0.15) is 0 Å². The van der Waals surface area contributed by atoms with Gasteiger partial charge in [-0.2, -0.15) is 0 Å². The van der Waals surface area contributed by atoms with Crippen molar-refractivity contribution < 1.29 is 0 Å². The zero-order valence-electron chi connectivity index (χ0n) is 19.3. The Hall–Kier alpha value is -4.28. The number of nitrogens with zero attached hydrogens (tertiary/aromatic N) is 2. The number of hydrogen-bond donors (Lipinski definition) is 0. The summed E-state index contributed by atoms with van der Waals surface area (Å²) in [6.07, 6.45) is 0. The minimum atomic E-state index is 0.197. The molecule has 2 aromatic heterocycles. The first-order valence-electron chi connectivity index (χ1n) is 12.4. The molecule has 0 atom stereocenters. The molecule has 0 N–H and O–H groups in total. The Labute approximate surface area is 212 Å². The second-order valence-corrected chi connectivity index (χ2v) is 10.8. The Kier molecular flexibility index (Phi) is 3.52. The van der Waals surface area contributed by atoms with Crippen molar-refractivity contribution in [2.24, 2.45) is 0 Å². The molecule has 0 aliphatic carbocycles. The average molecular weight is 474 g/mol. The van der Waals surface area contributed by atoms with Crippen molar-refractivity contribution >= 4 is 83.4 Å². The van der Waals surface area contributed by atoms with Gasteiger partial charge < -0.3 is 9.47 Å². The van der Waals surface area contributed by atoms with E-state index >= 15 is 0 Å². The molecule has 4 heterocycles. The van der Waals surface area contributed by atoms with Gasteiger partial charge >= 0.3 is 0 Å². The highest BCUT2D eigenvalue weighted by molar-refractivity contribution is 7.25. The summed E-state index contributed by atoms with van der Waals surface area (Å²) in [6, 6.07) is 42.3. The summed E-state index contributed by atoms with van der Waals surface area (Å²) < 4.78 is 3.91. The monoisotopic (exact) mass is 474 g/mol. The van der Waals surface area contributed by atoms with E-state index in [1.165, 1.54) is 70.3 Å². The number of rotatable bonds is 1. The average Bonchev–Trinajstić information content (AvgIpc) is 3.49. The van der Waals surface area contributed by atoms with Crippen LogP contribution in [0.4, 0.5) is 17.1 Å². The molecule has 0 bridgehead atoms. The molecule has 2 aliphatic rings. The molecule has 9 rings (SSSR count). The Morgan fingerprint density at radius 1 is 0.556 bits per heavy atom. The van der Waals surface area contributed by atoms with Gasteiger partial charge in [0.25, 0.3) is 6.71 Å². The van der Waals surface area contributed by atoms with Crippen LogP contribution in [-0.4, -0.2) is 11.3 Å². The van der Waals surface area contributed by atoms with E-state index in [-0.39, 0.29) is 6.71 Å². The van der Waals surface area contributed by atoms with Gasteiger partial charge in [-0.25, -0.2) is 0 Å². The SMILES string of the molecule is c1ccc(N2c3ccccc3B3c4c(sc5ccccc45)-n4c5ccccc5c5ccc2c3c54)cc1. The molecular formula is C32H19BN2S. The second kappa shape index (κ2) is 6.69. The Balaban J connectivity index is 1.54. The molecule has 0 unspecified atom stereocenters. The molecule has 0 saturated carbocycles. The van der Waals surface area contributed by atoms with Crippen LogP contribution < -0.4 is 21.3 Å². The van der Waals surface area contributed by atoms with Crippen LogP contribution in [0.25, 0.3) is 36.9 Å². The minimum Gasteiger partial charge on any atom is -0.311 e. The molecule has 0 radical (unpaired) electrons. The van der Waals surface area contributed by atoms with Crippen molar-refractivity contribution in [2.75, 3.05) is 4.90 Å². The molecule has 2 nitrogen and oxygen atoms in total. The molecular weight excluding hydrogens is 455 g/mol. The molecule has 7 aromatic rings. The molecule has 0 fully saturated rings. The van der Waals surface area contributed by atoms with Crippen molar-refractivity contribution in [3.05, 3.63) is 115 Å². The van der Waals surface area contributed by atoms with Crippen molar-refractivity contribution in [1.29, 1.82) is 0 Å². The molecule has 0 spiro atoms. The quantitative estimate of drug-likeness (QED) is 0.243. The van der Waals surface area contributed by atoms with E-state index in [0.717, 1.165) is 0 Å². The van der Waals surface area contributed by atoms with Crippen LogP contribution in [0.3, 0.4) is 0 Å². The normalized spacial score (nSPS) is 13.4. The van der Waals surface area contributed by atoms with Crippen molar-refractivity contribution in [1.82, 2.24) is 4.57 Å². The molecule has 36 heavy (non-hydrogen) atoms. The fraction of sp³-hybridized carbons (Fsp3) is 0. The van der Waals surface area contributed by atoms with Crippen molar-refractivity contribution in [3.63, 3.8) is 0 Å². The third kappa shape index (κ3) is 2.19. The highest BCUT2D eigenvalue weighted by atomic mass is 32.1. The third-order valence-electron chi connectivity index (χ3n) is 7.99. The van der Waals surface area contributed by atoms with E-state index in [0.29, 0.717) is 0 Å². The van der Waals surface area contributed by atoms with Gasteiger partial charge in [0.1, 0.15) is 0 Å². The predicted molar refractivity (Wildman–Crippen MR) is 156 cm³/mol. The standard InChI is InChI=1S/C32H19BN2S/c1-2-10-20(11-3-1)34-26-16-8-6-14-24(26)33-29-23-13-5-9-17-28(23)36-32(29)35-25-15-7-4-12-21(25)22-18-19-27(34)30(33)31(22)35/h1-19H. The lowest BCUT2D eigenvalue weighted by molar-refractivity contribution is 1.22. The third-order valence-corrected chi connectivity index (χ3v) is 9.16. The summed E-state index contributed by atoms with van der Waals surface area (Å²) in [7, 11) is 0. The summed E-state index contributed by atoms with van der Waals surface area (Å²) in [5.41, 5.74) is 10.6. The van der Waals surface area contributed by atoms with E-state index in [1.54, 1.807) is 0 Å². The minimum absolute atomic E-state index is 0.197. The van der Waals surface area contributed by atoms with Gasteiger partial charge in [0, 0.05) is 32.5 Å². The first-order chi connectivity index (χ1) is 17.9. The summed E-state index contributed by atoms with van der Waals surface area (Å²) in [4.78, 5) is 2.46. The predicted octanol–water partition coefficient (Wildman–Crippen LogP) is 6.61. The maximum atomic E-state index is 2.55. The Morgan fingerprint density at radius 2 is 1.31 bits per heavy atom. The van der Waals surface area contributed by atoms with Gasteiger partial charge in [0.2, 0.25) is 0 Å². The topological polar surface area (TPSA) is 8.17 Å². The zero-order chi connectivity index (χ0) is 23.4. The van der Waals surface area contributed by atoms with E-state index < -0.39 is 0 Å². The molecule has 0 saturated heterocycles. The van der Waals surface area contributed by atoms with Crippen LogP contribution in [0.15, 0.2) is 115 Å². The van der Waals surface area contributed by atoms with Crippen molar-refractivity contribution in [3.8, 4) is 5.00 Å². The molecule has 166 valence electrons. The van der Waals surface area contributed by atoms with Gasteiger partial charge in [0.15, 0.2) is 0 Å². The summed E-state index contributed by atoms with van der Waals surface area (Å²) in [5, 5.41) is 5.39. The lowest BCUT2D eigenvalue weighted by Gasteiger charge is -2.39. The van der Waals surface area contributed by atoms with Crippen LogP contribution in [0.2, 0.25) is 0 Å². The van der Waals surface area contributed by atoms with Gasteiger partial charge in [-0.05, 0) is 58.2 Å². The van der Waals surface area contributed by atoms with Crippen LogP contribution in [-0.2, 0) is 0 Å². The molecule has 4 heteroatoms. The number of anilines is 3. The number of hydrogen-bond acceptors (Lipinski definition) is 2. The molecule has 2 aliphatic heterocycles.